The van der Waals surface area contributed by atoms with E-state index in [1.807, 2.05) is 30.3 Å². The molecule has 0 aromatic heterocycles. The van der Waals surface area contributed by atoms with Crippen LogP contribution in [0.3, 0.4) is 0 Å². The third-order valence-electron chi connectivity index (χ3n) is 6.04. The first-order chi connectivity index (χ1) is 16.7. The van der Waals surface area contributed by atoms with E-state index >= 15 is 0 Å². The zero-order valence-electron chi connectivity index (χ0n) is 18.9. The summed E-state index contributed by atoms with van der Waals surface area (Å²) >= 11 is 12.0. The van der Waals surface area contributed by atoms with Crippen LogP contribution in [0.1, 0.15) is 12.0 Å². The highest BCUT2D eigenvalue weighted by Gasteiger charge is 2.54. The molecule has 1 saturated heterocycles. The summed E-state index contributed by atoms with van der Waals surface area (Å²) in [6, 6.07) is 14.1. The Morgan fingerprint density at radius 3 is 2.51 bits per heavy atom. The average molecular weight is 519 g/mol. The predicted octanol–water partition coefficient (Wildman–Crippen LogP) is 3.13. The van der Waals surface area contributed by atoms with Crippen LogP contribution in [-0.4, -0.2) is 66.4 Å². The van der Waals surface area contributed by atoms with E-state index in [1.54, 1.807) is 7.05 Å². The Hall–Kier alpha value is -3.30. The Morgan fingerprint density at radius 1 is 1.17 bits per heavy atom. The zero-order chi connectivity index (χ0) is 25.2. The third kappa shape index (κ3) is 5.36. The zero-order valence-corrected chi connectivity index (χ0v) is 20.5. The highest BCUT2D eigenvalue weighted by Crippen LogP contribution is 2.38. The summed E-state index contributed by atoms with van der Waals surface area (Å²) in [5.74, 6) is -0.411. The van der Waals surface area contributed by atoms with Crippen LogP contribution in [0.5, 0.6) is 5.75 Å². The fourth-order valence-electron chi connectivity index (χ4n) is 4.50. The van der Waals surface area contributed by atoms with Gasteiger partial charge in [0.1, 0.15) is 17.8 Å². The van der Waals surface area contributed by atoms with E-state index in [4.69, 9.17) is 38.4 Å². The summed E-state index contributed by atoms with van der Waals surface area (Å²) in [4.78, 5) is 39.8. The fraction of sp³-hybridized carbons (Fsp3) is 0.333. The molecule has 1 unspecified atom stereocenters. The number of piperidine rings is 1. The Bertz CT molecular complexity index is 1160. The number of hydrogen-bond donors (Lipinski definition) is 1. The molecule has 2 N–H and O–H groups in total. The fourth-order valence-corrected chi connectivity index (χ4v) is 5.00. The molecule has 0 aliphatic carbocycles. The van der Waals surface area contributed by atoms with Gasteiger partial charge in [-0.1, -0.05) is 53.5 Å². The maximum Gasteiger partial charge on any atom is 0.405 e. The van der Waals surface area contributed by atoms with Crippen LogP contribution < -0.4 is 10.5 Å². The molecule has 2 aromatic rings. The first-order valence-electron chi connectivity index (χ1n) is 10.9. The lowest BCUT2D eigenvalue weighted by atomic mass is 9.73. The summed E-state index contributed by atoms with van der Waals surface area (Å²) in [7, 11) is 1.61. The largest absolute Gasteiger partial charge is 0.489 e. The number of nitrogens with zero attached hydrogens (tertiary/aromatic N) is 3. The first kappa shape index (κ1) is 24.8. The van der Waals surface area contributed by atoms with Crippen molar-refractivity contribution in [1.82, 2.24) is 9.91 Å². The number of benzene rings is 2. The number of halogens is 2. The standard InChI is InChI=1S/C24H24Cl2N4O5/c1-29-22(32)24(12-15-5-3-2-4-6-15)14-30(8-7-20(24)28-29)21(31)19(35-23(27)33)13-34-18-10-16(25)9-17(26)11-18/h2-6,9-11,19H,7-8,12-14H2,1H3,(H2,27,33)/t19?,24-/m1/s1. The minimum atomic E-state index is -1.33. The summed E-state index contributed by atoms with van der Waals surface area (Å²) in [5.41, 5.74) is 5.90. The monoisotopic (exact) mass is 518 g/mol. The molecule has 0 spiro atoms. The molecule has 1 fully saturated rings. The van der Waals surface area contributed by atoms with Crippen molar-refractivity contribution in [2.45, 2.75) is 18.9 Å². The first-order valence-corrected chi connectivity index (χ1v) is 11.7. The van der Waals surface area contributed by atoms with Crippen molar-refractivity contribution in [2.75, 3.05) is 26.7 Å². The number of amides is 3. The minimum Gasteiger partial charge on any atom is -0.489 e. The second-order valence-corrected chi connectivity index (χ2v) is 9.34. The van der Waals surface area contributed by atoms with Gasteiger partial charge in [0.2, 0.25) is 6.10 Å². The van der Waals surface area contributed by atoms with Crippen LogP contribution in [0.2, 0.25) is 10.0 Å². The van der Waals surface area contributed by atoms with Gasteiger partial charge in [0.25, 0.3) is 11.8 Å². The van der Waals surface area contributed by atoms with Crippen molar-refractivity contribution < 1.29 is 23.9 Å². The van der Waals surface area contributed by atoms with Gasteiger partial charge in [-0.15, -0.1) is 0 Å². The van der Waals surface area contributed by atoms with Gasteiger partial charge >= 0.3 is 6.09 Å². The molecule has 3 amide bonds. The highest BCUT2D eigenvalue weighted by atomic mass is 35.5. The lowest BCUT2D eigenvalue weighted by molar-refractivity contribution is -0.146. The average Bonchev–Trinajstić information content (AvgIpc) is 3.05. The van der Waals surface area contributed by atoms with Crippen LogP contribution in [-0.2, 0) is 20.7 Å². The van der Waals surface area contributed by atoms with Crippen LogP contribution >= 0.6 is 23.2 Å². The molecular formula is C24H24Cl2N4O5. The van der Waals surface area contributed by atoms with Crippen molar-refractivity contribution in [3.8, 4) is 5.75 Å². The van der Waals surface area contributed by atoms with Crippen molar-refractivity contribution in [1.29, 1.82) is 0 Å². The van der Waals surface area contributed by atoms with Gasteiger partial charge in [0, 0.05) is 36.6 Å². The SMILES string of the molecule is CN1N=C2CCN(C(=O)C(COc3cc(Cl)cc(Cl)c3)OC(N)=O)C[C@@]2(Cc2ccccc2)C1=O. The summed E-state index contributed by atoms with van der Waals surface area (Å²) in [5, 5.41) is 6.47. The van der Waals surface area contributed by atoms with Crippen molar-refractivity contribution in [3.05, 3.63) is 64.1 Å². The van der Waals surface area contributed by atoms with E-state index in [2.05, 4.69) is 5.10 Å². The molecule has 4 rings (SSSR count). The summed E-state index contributed by atoms with van der Waals surface area (Å²) < 4.78 is 10.7. The Labute approximate surface area is 212 Å². The Kier molecular flexibility index (Phi) is 7.18. The maximum absolute atomic E-state index is 13.5. The lowest BCUT2D eigenvalue weighted by Gasteiger charge is -2.40. The van der Waals surface area contributed by atoms with Crippen molar-refractivity contribution in [3.63, 3.8) is 0 Å². The van der Waals surface area contributed by atoms with Gasteiger partial charge in [-0.05, 0) is 30.2 Å². The number of rotatable bonds is 7. The second kappa shape index (κ2) is 10.1. The normalized spacial score (nSPS) is 20.2. The number of nitrogens with two attached hydrogens (primary N) is 1. The molecule has 11 heteroatoms. The minimum absolute atomic E-state index is 0.0876. The topological polar surface area (TPSA) is 115 Å². The van der Waals surface area contributed by atoms with E-state index < -0.39 is 23.5 Å². The predicted molar refractivity (Wildman–Crippen MR) is 130 cm³/mol. The summed E-state index contributed by atoms with van der Waals surface area (Å²) in [6.07, 6.45) is -1.65. The van der Waals surface area contributed by atoms with Gasteiger partial charge in [0.05, 0.1) is 5.71 Å². The number of hydrogen-bond acceptors (Lipinski definition) is 6. The molecular weight excluding hydrogens is 495 g/mol. The molecule has 35 heavy (non-hydrogen) atoms. The lowest BCUT2D eigenvalue weighted by Crippen LogP contribution is -2.58. The van der Waals surface area contributed by atoms with Crippen LogP contribution in [0.4, 0.5) is 4.79 Å². The molecule has 9 nitrogen and oxygen atoms in total. The number of primary amides is 1. The maximum atomic E-state index is 13.5. The molecule has 0 radical (unpaired) electrons. The van der Waals surface area contributed by atoms with Crippen LogP contribution in [0.15, 0.2) is 53.6 Å². The third-order valence-corrected chi connectivity index (χ3v) is 6.47. The van der Waals surface area contributed by atoms with Gasteiger partial charge in [-0.25, -0.2) is 9.80 Å². The Balaban J connectivity index is 1.55. The quantitative estimate of drug-likeness (QED) is 0.604. The molecule has 2 aromatic carbocycles. The van der Waals surface area contributed by atoms with Crippen molar-refractivity contribution >= 4 is 46.8 Å². The number of carbonyl (C=O) groups excluding carboxylic acids is 3. The van der Waals surface area contributed by atoms with E-state index in [-0.39, 0.29) is 19.1 Å². The summed E-state index contributed by atoms with van der Waals surface area (Å²) in [6.45, 7) is 0.0801. The molecule has 0 saturated carbocycles. The smallest absolute Gasteiger partial charge is 0.405 e. The highest BCUT2D eigenvalue weighted by molar-refractivity contribution is 6.34. The Morgan fingerprint density at radius 2 is 1.86 bits per heavy atom. The van der Waals surface area contributed by atoms with Crippen LogP contribution in [0, 0.1) is 5.41 Å². The van der Waals surface area contributed by atoms with E-state index in [0.717, 1.165) is 11.3 Å². The molecule has 0 bridgehead atoms. The number of fused-ring (bicyclic) bond motifs is 1. The van der Waals surface area contributed by atoms with E-state index in [0.29, 0.717) is 35.2 Å². The molecule has 2 heterocycles. The van der Waals surface area contributed by atoms with Crippen LogP contribution in [0.25, 0.3) is 0 Å². The van der Waals surface area contributed by atoms with E-state index in [1.165, 1.54) is 28.1 Å². The molecule has 184 valence electrons. The molecule has 2 atom stereocenters. The number of hydrazone groups is 1. The van der Waals surface area contributed by atoms with Gasteiger partial charge in [0.15, 0.2) is 0 Å². The van der Waals surface area contributed by atoms with E-state index in [9.17, 15) is 14.4 Å². The number of likely N-dealkylation sites (tertiary alicyclic amines) is 1. The molecule has 2 aliphatic rings. The van der Waals surface area contributed by atoms with Gasteiger partial charge in [-0.3, -0.25) is 9.59 Å². The van der Waals surface area contributed by atoms with Crippen molar-refractivity contribution in [2.24, 2.45) is 16.3 Å². The number of carbonyl (C=O) groups is 3. The van der Waals surface area contributed by atoms with Gasteiger partial charge < -0.3 is 20.1 Å². The van der Waals surface area contributed by atoms with Gasteiger partial charge in [-0.2, -0.15) is 5.10 Å². The second-order valence-electron chi connectivity index (χ2n) is 8.47. The molecule has 2 aliphatic heterocycles. The number of ether oxygens (including phenoxy) is 2.